The zero-order valence-corrected chi connectivity index (χ0v) is 10.2. The highest BCUT2D eigenvalue weighted by molar-refractivity contribution is 9.10. The lowest BCUT2D eigenvalue weighted by Crippen LogP contribution is -2.23. The van der Waals surface area contributed by atoms with Crippen LogP contribution in [0.2, 0.25) is 0 Å². The zero-order chi connectivity index (χ0) is 10.7. The second kappa shape index (κ2) is 4.91. The molecule has 14 heavy (non-hydrogen) atoms. The van der Waals surface area contributed by atoms with Crippen LogP contribution in [0.1, 0.15) is 30.5 Å². The average Bonchev–Trinajstić information content (AvgIpc) is 2.08. The van der Waals surface area contributed by atoms with Crippen LogP contribution in [0.15, 0.2) is 22.7 Å². The number of benzene rings is 1. The summed E-state index contributed by atoms with van der Waals surface area (Å²) in [6.07, 6.45) is 0.817. The van der Waals surface area contributed by atoms with E-state index in [1.165, 1.54) is 11.1 Å². The predicted octanol–water partition coefficient (Wildman–Crippen LogP) is 2.49. The Morgan fingerprint density at radius 3 is 2.57 bits per heavy atom. The molecule has 0 aromatic heterocycles. The van der Waals surface area contributed by atoms with E-state index in [9.17, 15) is 0 Å². The minimum absolute atomic E-state index is 0.0347. The topological polar surface area (TPSA) is 52.0 Å². The molecule has 0 saturated heterocycles. The van der Waals surface area contributed by atoms with Gasteiger partial charge in [-0.15, -0.1) is 0 Å². The molecule has 0 heterocycles. The Labute approximate surface area is 93.8 Å². The number of hydrogen-bond acceptors (Lipinski definition) is 2. The largest absolute Gasteiger partial charge is 0.328 e. The van der Waals surface area contributed by atoms with Crippen molar-refractivity contribution in [2.45, 2.75) is 32.4 Å². The third kappa shape index (κ3) is 3.08. The lowest BCUT2D eigenvalue weighted by molar-refractivity contribution is 0.566. The van der Waals surface area contributed by atoms with Gasteiger partial charge in [0.25, 0.3) is 0 Å². The van der Waals surface area contributed by atoms with Crippen molar-refractivity contribution >= 4 is 15.9 Å². The first kappa shape index (κ1) is 11.7. The Balaban J connectivity index is 2.88. The van der Waals surface area contributed by atoms with Gasteiger partial charge >= 0.3 is 0 Å². The lowest BCUT2D eigenvalue weighted by atomic mass is 9.97. The minimum Gasteiger partial charge on any atom is -0.328 e. The maximum absolute atomic E-state index is 6.06. The van der Waals surface area contributed by atoms with Crippen LogP contribution in [0.5, 0.6) is 0 Å². The first-order valence-electron chi connectivity index (χ1n) is 4.78. The summed E-state index contributed by atoms with van der Waals surface area (Å²) < 4.78 is 1.07. The van der Waals surface area contributed by atoms with Gasteiger partial charge in [-0.2, -0.15) is 0 Å². The Morgan fingerprint density at radius 2 is 2.00 bits per heavy atom. The van der Waals surface area contributed by atoms with Crippen molar-refractivity contribution in [3.63, 3.8) is 0 Å². The monoisotopic (exact) mass is 256 g/mol. The van der Waals surface area contributed by atoms with Crippen LogP contribution in [0.25, 0.3) is 0 Å². The highest BCUT2D eigenvalue weighted by atomic mass is 79.9. The Kier molecular flexibility index (Phi) is 4.11. The Morgan fingerprint density at radius 1 is 1.36 bits per heavy atom. The van der Waals surface area contributed by atoms with Crippen LogP contribution < -0.4 is 11.5 Å². The van der Waals surface area contributed by atoms with E-state index in [0.29, 0.717) is 0 Å². The molecular formula is C11H17BrN2. The number of rotatable bonds is 3. The fourth-order valence-corrected chi connectivity index (χ4v) is 1.92. The summed E-state index contributed by atoms with van der Waals surface area (Å²) in [5.41, 5.74) is 14.2. The molecule has 78 valence electrons. The predicted molar refractivity (Wildman–Crippen MR) is 64.1 cm³/mol. The van der Waals surface area contributed by atoms with Gasteiger partial charge in [0.15, 0.2) is 0 Å². The third-order valence-corrected chi connectivity index (χ3v) is 2.76. The van der Waals surface area contributed by atoms with Gasteiger partial charge in [-0.1, -0.05) is 22.0 Å². The first-order chi connectivity index (χ1) is 6.50. The van der Waals surface area contributed by atoms with Crippen LogP contribution in [0, 0.1) is 6.92 Å². The molecule has 4 N–H and O–H groups in total. The molecule has 2 unspecified atom stereocenters. The molecule has 0 aliphatic carbocycles. The molecule has 3 heteroatoms. The van der Waals surface area contributed by atoms with Crippen LogP contribution in [0.3, 0.4) is 0 Å². The van der Waals surface area contributed by atoms with Gasteiger partial charge in [0.05, 0.1) is 0 Å². The molecule has 0 radical (unpaired) electrons. The van der Waals surface area contributed by atoms with Crippen molar-refractivity contribution in [3.8, 4) is 0 Å². The fraction of sp³-hybridized carbons (Fsp3) is 0.455. The van der Waals surface area contributed by atoms with E-state index < -0.39 is 0 Å². The van der Waals surface area contributed by atoms with Crippen LogP contribution in [-0.4, -0.2) is 6.04 Å². The highest BCUT2D eigenvalue weighted by Crippen LogP contribution is 2.23. The molecule has 0 bridgehead atoms. The van der Waals surface area contributed by atoms with E-state index in [0.717, 1.165) is 10.9 Å². The van der Waals surface area contributed by atoms with Crippen LogP contribution in [-0.2, 0) is 0 Å². The number of aryl methyl sites for hydroxylation is 1. The van der Waals surface area contributed by atoms with E-state index in [2.05, 4.69) is 35.0 Å². The molecule has 2 atom stereocenters. The number of hydrogen-bond donors (Lipinski definition) is 2. The minimum atomic E-state index is 0.0347. The summed E-state index contributed by atoms with van der Waals surface area (Å²) in [4.78, 5) is 0. The molecule has 1 aromatic rings. The smallest absolute Gasteiger partial charge is 0.0312 e. The summed E-state index contributed by atoms with van der Waals surface area (Å²) in [5, 5.41) is 0. The summed E-state index contributed by atoms with van der Waals surface area (Å²) >= 11 is 3.44. The lowest BCUT2D eigenvalue weighted by Gasteiger charge is -2.17. The fourth-order valence-electron chi connectivity index (χ4n) is 1.54. The Bertz CT molecular complexity index is 310. The molecule has 0 amide bonds. The van der Waals surface area contributed by atoms with E-state index in [4.69, 9.17) is 11.5 Å². The van der Waals surface area contributed by atoms with E-state index >= 15 is 0 Å². The molecule has 2 nitrogen and oxygen atoms in total. The maximum atomic E-state index is 6.06. The molecular weight excluding hydrogens is 240 g/mol. The van der Waals surface area contributed by atoms with Gasteiger partial charge in [0.2, 0.25) is 0 Å². The van der Waals surface area contributed by atoms with Crippen LogP contribution in [0.4, 0.5) is 0 Å². The molecule has 0 fully saturated rings. The third-order valence-electron chi connectivity index (χ3n) is 2.27. The molecule has 0 saturated carbocycles. The van der Waals surface area contributed by atoms with Crippen molar-refractivity contribution in [2.24, 2.45) is 11.5 Å². The van der Waals surface area contributed by atoms with Gasteiger partial charge in [0.1, 0.15) is 0 Å². The molecule has 0 spiro atoms. The second-order valence-corrected chi connectivity index (χ2v) is 4.74. The van der Waals surface area contributed by atoms with Crippen molar-refractivity contribution in [1.29, 1.82) is 0 Å². The molecule has 0 aliphatic rings. The molecule has 1 aromatic carbocycles. The normalized spacial score (nSPS) is 15.2. The number of halogens is 1. The van der Waals surface area contributed by atoms with E-state index in [-0.39, 0.29) is 12.1 Å². The first-order valence-corrected chi connectivity index (χ1v) is 5.57. The van der Waals surface area contributed by atoms with Gasteiger partial charge in [-0.3, -0.25) is 0 Å². The summed E-state index contributed by atoms with van der Waals surface area (Å²) in [6, 6.07) is 6.34. The van der Waals surface area contributed by atoms with Crippen molar-refractivity contribution in [2.75, 3.05) is 0 Å². The summed E-state index contributed by atoms with van der Waals surface area (Å²) in [6.45, 7) is 4.05. The van der Waals surface area contributed by atoms with E-state index in [1.807, 2.05) is 13.0 Å². The maximum Gasteiger partial charge on any atom is 0.0312 e. The van der Waals surface area contributed by atoms with Crippen molar-refractivity contribution in [1.82, 2.24) is 0 Å². The van der Waals surface area contributed by atoms with Crippen molar-refractivity contribution < 1.29 is 0 Å². The zero-order valence-electron chi connectivity index (χ0n) is 8.63. The van der Waals surface area contributed by atoms with Crippen molar-refractivity contribution in [3.05, 3.63) is 33.8 Å². The van der Waals surface area contributed by atoms with Crippen LogP contribution >= 0.6 is 15.9 Å². The summed E-state index contributed by atoms with van der Waals surface area (Å²) in [7, 11) is 0. The average molecular weight is 257 g/mol. The SMILES string of the molecule is Cc1ccc(Br)cc1C(N)CC(C)N. The molecule has 1 rings (SSSR count). The van der Waals surface area contributed by atoms with Gasteiger partial charge < -0.3 is 11.5 Å². The second-order valence-electron chi connectivity index (χ2n) is 3.82. The highest BCUT2D eigenvalue weighted by Gasteiger charge is 2.11. The quantitative estimate of drug-likeness (QED) is 0.874. The van der Waals surface area contributed by atoms with Gasteiger partial charge in [-0.05, 0) is 43.5 Å². The standard InChI is InChI=1S/C11H17BrN2/c1-7-3-4-9(12)6-10(7)11(14)5-8(2)13/h3-4,6,8,11H,5,13-14H2,1-2H3. The molecule has 0 aliphatic heterocycles. The van der Waals surface area contributed by atoms with Gasteiger partial charge in [0, 0.05) is 16.6 Å². The Hall–Kier alpha value is -0.380. The number of nitrogens with two attached hydrogens (primary N) is 2. The van der Waals surface area contributed by atoms with Gasteiger partial charge in [-0.25, -0.2) is 0 Å². The van der Waals surface area contributed by atoms with E-state index in [1.54, 1.807) is 0 Å². The summed E-state index contributed by atoms with van der Waals surface area (Å²) in [5.74, 6) is 0.